The fourth-order valence-corrected chi connectivity index (χ4v) is 3.32. The van der Waals surface area contributed by atoms with E-state index in [4.69, 9.17) is 4.74 Å². The van der Waals surface area contributed by atoms with Gasteiger partial charge in [-0.25, -0.2) is 4.99 Å². The van der Waals surface area contributed by atoms with Crippen LogP contribution < -0.4 is 10.6 Å². The first-order chi connectivity index (χ1) is 13.6. The summed E-state index contributed by atoms with van der Waals surface area (Å²) < 4.78 is 5.04. The molecule has 0 aliphatic carbocycles. The number of ether oxygens (including phenoxy) is 1. The zero-order valence-corrected chi connectivity index (χ0v) is 16.3. The maximum Gasteiger partial charge on any atom is 0.311 e. The second kappa shape index (κ2) is 9.75. The maximum atomic E-state index is 12.2. The minimum absolute atomic E-state index is 0.109. The average Bonchev–Trinajstić information content (AvgIpc) is 2.86. The van der Waals surface area contributed by atoms with Crippen molar-refractivity contribution >= 4 is 45.7 Å². The first-order valence-corrected chi connectivity index (χ1v) is 9.91. The Labute approximate surface area is 168 Å². The van der Waals surface area contributed by atoms with Crippen LogP contribution in [0.25, 0.3) is 0 Å². The molecule has 2 N–H and O–H groups in total. The zero-order valence-electron chi connectivity index (χ0n) is 15.5. The molecule has 1 aliphatic rings. The molecule has 2 aromatic carbocycles. The molecule has 0 radical (unpaired) electrons. The number of para-hydroxylation sites is 3. The van der Waals surface area contributed by atoms with Crippen LogP contribution in [0.15, 0.2) is 71.4 Å². The number of hydrogen-bond donors (Lipinski definition) is 2. The Morgan fingerprint density at radius 3 is 2.64 bits per heavy atom. The van der Waals surface area contributed by atoms with Crippen molar-refractivity contribution in [2.24, 2.45) is 4.99 Å². The summed E-state index contributed by atoms with van der Waals surface area (Å²) in [6.45, 7) is 2.11. The van der Waals surface area contributed by atoms with E-state index in [0.717, 1.165) is 17.1 Å². The highest BCUT2D eigenvalue weighted by atomic mass is 32.2. The third-order valence-corrected chi connectivity index (χ3v) is 4.69. The molecule has 28 heavy (non-hydrogen) atoms. The Morgan fingerprint density at radius 1 is 1.11 bits per heavy atom. The quantitative estimate of drug-likeness (QED) is 0.711. The zero-order chi connectivity index (χ0) is 19.8. The van der Waals surface area contributed by atoms with E-state index in [1.165, 1.54) is 11.8 Å². The topological polar surface area (TPSA) is 79.8 Å². The lowest BCUT2D eigenvalue weighted by Crippen LogP contribution is -2.15. The number of carbonyl (C=O) groups is 2. The number of rotatable bonds is 6. The fourth-order valence-electron chi connectivity index (χ4n) is 2.58. The van der Waals surface area contributed by atoms with Crippen LogP contribution in [0.3, 0.4) is 0 Å². The molecule has 0 unspecified atom stereocenters. The minimum atomic E-state index is -0.313. The molecule has 3 rings (SSSR count). The maximum absolute atomic E-state index is 12.2. The monoisotopic (exact) mass is 395 g/mol. The highest BCUT2D eigenvalue weighted by Crippen LogP contribution is 2.31. The van der Waals surface area contributed by atoms with Gasteiger partial charge in [0.25, 0.3) is 0 Å². The Kier molecular flexibility index (Phi) is 6.86. The van der Waals surface area contributed by atoms with E-state index < -0.39 is 0 Å². The Morgan fingerprint density at radius 2 is 1.86 bits per heavy atom. The van der Waals surface area contributed by atoms with E-state index in [2.05, 4.69) is 15.6 Å². The number of fused-ring (bicyclic) bond motifs is 1. The number of nitrogens with zero attached hydrogens (tertiary/aromatic N) is 1. The van der Waals surface area contributed by atoms with E-state index in [0.29, 0.717) is 17.3 Å². The van der Waals surface area contributed by atoms with Crippen LogP contribution in [0.2, 0.25) is 0 Å². The number of esters is 1. The summed E-state index contributed by atoms with van der Waals surface area (Å²) in [6, 6.07) is 16.9. The Hall–Kier alpha value is -3.06. The van der Waals surface area contributed by atoms with Crippen LogP contribution in [0.1, 0.15) is 13.3 Å². The van der Waals surface area contributed by atoms with Crippen molar-refractivity contribution in [3.63, 3.8) is 0 Å². The summed E-state index contributed by atoms with van der Waals surface area (Å²) in [4.78, 5) is 28.8. The van der Waals surface area contributed by atoms with Gasteiger partial charge >= 0.3 is 5.97 Å². The van der Waals surface area contributed by atoms with Crippen molar-refractivity contribution in [2.75, 3.05) is 23.0 Å². The molecule has 144 valence electrons. The molecule has 7 heteroatoms. The van der Waals surface area contributed by atoms with Gasteiger partial charge in [-0.2, -0.15) is 0 Å². The second-order valence-corrected chi connectivity index (χ2v) is 6.94. The molecule has 0 atom stereocenters. The molecule has 1 aliphatic heterocycles. The van der Waals surface area contributed by atoms with Crippen molar-refractivity contribution in [3.05, 3.63) is 66.4 Å². The Balaban J connectivity index is 1.71. The summed E-state index contributed by atoms with van der Waals surface area (Å²) >= 11 is 1.32. The highest BCUT2D eigenvalue weighted by molar-refractivity contribution is 8.14. The number of nitrogens with one attached hydrogen (secondary N) is 2. The predicted molar refractivity (Wildman–Crippen MR) is 114 cm³/mol. The van der Waals surface area contributed by atoms with E-state index in [-0.39, 0.29) is 24.1 Å². The van der Waals surface area contributed by atoms with Crippen LogP contribution in [0, 0.1) is 0 Å². The summed E-state index contributed by atoms with van der Waals surface area (Å²) in [7, 11) is 0. The number of hydrogen-bond acceptors (Lipinski definition) is 6. The predicted octanol–water partition coefficient (Wildman–Crippen LogP) is 4.35. The van der Waals surface area contributed by atoms with Crippen molar-refractivity contribution in [3.8, 4) is 0 Å². The van der Waals surface area contributed by atoms with Gasteiger partial charge in [0.1, 0.15) is 0 Å². The summed E-state index contributed by atoms with van der Waals surface area (Å²) in [5, 5.41) is 6.74. The molecule has 2 aromatic rings. The number of amides is 1. The molecule has 6 nitrogen and oxygen atoms in total. The molecule has 0 saturated heterocycles. The highest BCUT2D eigenvalue weighted by Gasteiger charge is 2.15. The molecule has 0 saturated carbocycles. The SMILES string of the molecule is CCOC(=O)CC1=CC(SCC(=O)Nc2ccccc2)=Nc2ccccc2N1. The number of carbonyl (C=O) groups excluding carboxylic acids is 2. The average molecular weight is 395 g/mol. The first-order valence-electron chi connectivity index (χ1n) is 8.92. The minimum Gasteiger partial charge on any atom is -0.466 e. The van der Waals surface area contributed by atoms with Crippen LogP contribution in [0.4, 0.5) is 17.1 Å². The summed E-state index contributed by atoms with van der Waals surface area (Å²) in [6.07, 6.45) is 1.90. The van der Waals surface area contributed by atoms with Crippen LogP contribution in [0.5, 0.6) is 0 Å². The lowest BCUT2D eigenvalue weighted by Gasteiger charge is -2.10. The lowest BCUT2D eigenvalue weighted by molar-refractivity contribution is -0.142. The van der Waals surface area contributed by atoms with E-state index >= 15 is 0 Å². The Bertz CT molecular complexity index is 910. The molecule has 0 spiro atoms. The molecule has 0 aromatic heterocycles. The standard InChI is InChI=1S/C21H21N3O3S/c1-2-27-21(26)13-16-12-20(24-18-11-7-6-10-17(18)22-16)28-14-19(25)23-15-8-4-3-5-9-15/h3-12,22H,2,13-14H2,1H3,(H,23,25). The van der Waals surface area contributed by atoms with Crippen molar-refractivity contribution in [1.82, 2.24) is 0 Å². The van der Waals surface area contributed by atoms with Crippen LogP contribution in [-0.4, -0.2) is 29.3 Å². The number of benzene rings is 2. The third-order valence-electron chi connectivity index (χ3n) is 3.78. The third kappa shape index (κ3) is 5.72. The number of anilines is 2. The number of aliphatic imine (C=N–C) groups is 1. The van der Waals surface area contributed by atoms with Gasteiger partial charge in [0, 0.05) is 11.4 Å². The molecule has 0 bridgehead atoms. The van der Waals surface area contributed by atoms with E-state index in [1.54, 1.807) is 13.0 Å². The molecule has 0 fully saturated rings. The van der Waals surface area contributed by atoms with Gasteiger partial charge in [-0.1, -0.05) is 42.1 Å². The number of thioether (sulfide) groups is 1. The lowest BCUT2D eigenvalue weighted by atomic mass is 10.2. The largest absolute Gasteiger partial charge is 0.466 e. The van der Waals surface area contributed by atoms with E-state index in [1.807, 2.05) is 54.6 Å². The van der Waals surface area contributed by atoms with Gasteiger partial charge in [-0.3, -0.25) is 9.59 Å². The van der Waals surface area contributed by atoms with Gasteiger partial charge in [0.05, 0.1) is 35.2 Å². The molecule has 1 amide bonds. The molecular weight excluding hydrogens is 374 g/mol. The van der Waals surface area contributed by atoms with Gasteiger partial charge < -0.3 is 15.4 Å². The van der Waals surface area contributed by atoms with Crippen molar-refractivity contribution < 1.29 is 14.3 Å². The van der Waals surface area contributed by atoms with Gasteiger partial charge in [-0.05, 0) is 37.3 Å². The van der Waals surface area contributed by atoms with Gasteiger partial charge in [-0.15, -0.1) is 0 Å². The van der Waals surface area contributed by atoms with Crippen molar-refractivity contribution in [1.29, 1.82) is 0 Å². The summed E-state index contributed by atoms with van der Waals surface area (Å²) in [5.74, 6) is -0.226. The van der Waals surface area contributed by atoms with Crippen LogP contribution in [-0.2, 0) is 14.3 Å². The second-order valence-electron chi connectivity index (χ2n) is 5.95. The smallest absolute Gasteiger partial charge is 0.311 e. The van der Waals surface area contributed by atoms with E-state index in [9.17, 15) is 9.59 Å². The fraction of sp³-hybridized carbons (Fsp3) is 0.190. The first kappa shape index (κ1) is 19.7. The van der Waals surface area contributed by atoms with Crippen LogP contribution >= 0.6 is 11.8 Å². The van der Waals surface area contributed by atoms with Gasteiger partial charge in [0.15, 0.2) is 0 Å². The molecule has 1 heterocycles. The van der Waals surface area contributed by atoms with Gasteiger partial charge in [0.2, 0.25) is 5.91 Å². The van der Waals surface area contributed by atoms with Crippen molar-refractivity contribution in [2.45, 2.75) is 13.3 Å². The summed E-state index contributed by atoms with van der Waals surface area (Å²) in [5.41, 5.74) is 2.99. The normalized spacial score (nSPS) is 12.6. The molecular formula is C21H21N3O3S.